The van der Waals surface area contributed by atoms with Gasteiger partial charge >= 0.3 is 0 Å². The summed E-state index contributed by atoms with van der Waals surface area (Å²) in [7, 11) is -3.92. The van der Waals surface area contributed by atoms with Crippen LogP contribution in [0.15, 0.2) is 48.5 Å². The van der Waals surface area contributed by atoms with Gasteiger partial charge in [0.05, 0.1) is 23.2 Å². The Bertz CT molecular complexity index is 977. The molecule has 9 heteroatoms. The Morgan fingerprint density at radius 3 is 2.29 bits per heavy atom. The van der Waals surface area contributed by atoms with Crippen LogP contribution in [0, 0.1) is 5.82 Å². The van der Waals surface area contributed by atoms with Crippen LogP contribution in [0.3, 0.4) is 0 Å². The van der Waals surface area contributed by atoms with Crippen molar-refractivity contribution in [3.8, 4) is 0 Å². The van der Waals surface area contributed by atoms with Crippen molar-refractivity contribution in [1.29, 1.82) is 0 Å². The summed E-state index contributed by atoms with van der Waals surface area (Å²) in [6, 6.07) is 11.5. The molecule has 0 fully saturated rings. The highest BCUT2D eigenvalue weighted by Gasteiger charge is 2.24. The Balaban J connectivity index is 2.25. The second-order valence-corrected chi connectivity index (χ2v) is 8.35. The van der Waals surface area contributed by atoms with E-state index in [1.165, 1.54) is 24.3 Å². The molecule has 28 heavy (non-hydrogen) atoms. The second-order valence-electron chi connectivity index (χ2n) is 6.44. The standard InChI is InChI=1S/C19H22FN3O4S/c1-13(2)21-19(25)14-8-4-6-10-16(14)22-18(24)12-23(28(3,26)27)17-11-7-5-9-15(17)20/h4-11,13H,12H2,1-3H3,(H,21,25)(H,22,24). The SMILES string of the molecule is CC(C)NC(=O)c1ccccc1NC(=O)CN(c1ccccc1F)S(C)(=O)=O. The minimum atomic E-state index is -3.92. The predicted molar refractivity (Wildman–Crippen MR) is 106 cm³/mol. The second kappa shape index (κ2) is 8.83. The third-order valence-electron chi connectivity index (χ3n) is 3.67. The molecule has 0 radical (unpaired) electrons. The number of anilines is 2. The lowest BCUT2D eigenvalue weighted by Crippen LogP contribution is -2.38. The number of para-hydroxylation sites is 2. The average molecular weight is 407 g/mol. The molecule has 2 aromatic rings. The molecule has 0 aliphatic rings. The molecule has 2 amide bonds. The summed E-state index contributed by atoms with van der Waals surface area (Å²) in [6.07, 6.45) is 0.886. The molecule has 7 nitrogen and oxygen atoms in total. The molecular weight excluding hydrogens is 385 g/mol. The summed E-state index contributed by atoms with van der Waals surface area (Å²) in [5.74, 6) is -1.85. The van der Waals surface area contributed by atoms with Crippen LogP contribution in [0.5, 0.6) is 0 Å². The number of carbonyl (C=O) groups excluding carboxylic acids is 2. The van der Waals surface area contributed by atoms with Crippen LogP contribution in [0.4, 0.5) is 15.8 Å². The van der Waals surface area contributed by atoms with Crippen molar-refractivity contribution >= 4 is 33.2 Å². The highest BCUT2D eigenvalue weighted by atomic mass is 32.2. The van der Waals surface area contributed by atoms with E-state index in [1.807, 2.05) is 0 Å². The topological polar surface area (TPSA) is 95.6 Å². The molecule has 0 unspecified atom stereocenters. The number of benzene rings is 2. The number of carbonyl (C=O) groups is 2. The number of hydrogen-bond donors (Lipinski definition) is 2. The van der Waals surface area contributed by atoms with E-state index in [-0.39, 0.29) is 28.9 Å². The predicted octanol–water partition coefficient (Wildman–Crippen LogP) is 2.37. The van der Waals surface area contributed by atoms with Crippen molar-refractivity contribution in [2.24, 2.45) is 0 Å². The maximum atomic E-state index is 14.0. The minimum Gasteiger partial charge on any atom is -0.350 e. The molecular formula is C19H22FN3O4S. The van der Waals surface area contributed by atoms with Gasteiger partial charge < -0.3 is 10.6 Å². The lowest BCUT2D eigenvalue weighted by atomic mass is 10.1. The smallest absolute Gasteiger partial charge is 0.253 e. The fourth-order valence-electron chi connectivity index (χ4n) is 2.49. The Hall–Kier alpha value is -2.94. The summed E-state index contributed by atoms with van der Waals surface area (Å²) in [4.78, 5) is 24.8. The summed E-state index contributed by atoms with van der Waals surface area (Å²) in [5.41, 5.74) is 0.236. The molecule has 2 rings (SSSR count). The van der Waals surface area contributed by atoms with E-state index in [2.05, 4.69) is 10.6 Å². The number of amides is 2. The van der Waals surface area contributed by atoms with E-state index < -0.39 is 28.3 Å². The van der Waals surface area contributed by atoms with Crippen LogP contribution in [-0.2, 0) is 14.8 Å². The summed E-state index contributed by atoms with van der Waals surface area (Å²) < 4.78 is 38.9. The number of rotatable bonds is 7. The highest BCUT2D eigenvalue weighted by molar-refractivity contribution is 7.92. The van der Waals surface area contributed by atoms with Gasteiger partial charge in [0.15, 0.2) is 0 Å². The molecule has 0 bridgehead atoms. The van der Waals surface area contributed by atoms with Crippen LogP contribution >= 0.6 is 0 Å². The molecule has 0 aliphatic carbocycles. The van der Waals surface area contributed by atoms with Gasteiger partial charge in [0.1, 0.15) is 12.4 Å². The molecule has 150 valence electrons. The van der Waals surface area contributed by atoms with Crippen molar-refractivity contribution in [3.63, 3.8) is 0 Å². The quantitative estimate of drug-likeness (QED) is 0.737. The van der Waals surface area contributed by atoms with Gasteiger partial charge in [-0.3, -0.25) is 13.9 Å². The first-order valence-corrected chi connectivity index (χ1v) is 10.4. The lowest BCUT2D eigenvalue weighted by molar-refractivity contribution is -0.114. The zero-order valence-corrected chi connectivity index (χ0v) is 16.6. The molecule has 0 atom stereocenters. The Morgan fingerprint density at radius 2 is 1.68 bits per heavy atom. The van der Waals surface area contributed by atoms with Crippen LogP contribution in [-0.4, -0.2) is 39.1 Å². The molecule has 0 heterocycles. The maximum Gasteiger partial charge on any atom is 0.253 e. The van der Waals surface area contributed by atoms with Gasteiger partial charge in [-0.25, -0.2) is 12.8 Å². The third kappa shape index (κ3) is 5.53. The molecule has 0 spiro atoms. The minimum absolute atomic E-state index is 0.0990. The van der Waals surface area contributed by atoms with E-state index in [4.69, 9.17) is 0 Å². The molecule has 0 saturated heterocycles. The normalized spacial score (nSPS) is 11.2. The van der Waals surface area contributed by atoms with Crippen molar-refractivity contribution in [3.05, 3.63) is 59.9 Å². The summed E-state index contributed by atoms with van der Waals surface area (Å²) in [6.45, 7) is 2.97. The van der Waals surface area contributed by atoms with E-state index in [0.29, 0.717) is 4.31 Å². The maximum absolute atomic E-state index is 14.0. The van der Waals surface area contributed by atoms with Crippen molar-refractivity contribution in [2.45, 2.75) is 19.9 Å². The third-order valence-corrected chi connectivity index (χ3v) is 4.80. The molecule has 2 aromatic carbocycles. The first-order valence-electron chi connectivity index (χ1n) is 8.51. The van der Waals surface area contributed by atoms with Crippen LogP contribution < -0.4 is 14.9 Å². The molecule has 0 aliphatic heterocycles. The van der Waals surface area contributed by atoms with E-state index >= 15 is 0 Å². The van der Waals surface area contributed by atoms with Crippen molar-refractivity contribution < 1.29 is 22.4 Å². The summed E-state index contributed by atoms with van der Waals surface area (Å²) in [5, 5.41) is 5.25. The largest absolute Gasteiger partial charge is 0.350 e. The van der Waals surface area contributed by atoms with Gasteiger partial charge in [-0.05, 0) is 38.1 Å². The monoisotopic (exact) mass is 407 g/mol. The number of nitrogens with one attached hydrogen (secondary N) is 2. The number of hydrogen-bond acceptors (Lipinski definition) is 4. The fraction of sp³-hybridized carbons (Fsp3) is 0.263. The molecule has 0 aromatic heterocycles. The van der Waals surface area contributed by atoms with Gasteiger partial charge in [0.25, 0.3) is 5.91 Å². The van der Waals surface area contributed by atoms with Crippen LogP contribution in [0.1, 0.15) is 24.2 Å². The van der Waals surface area contributed by atoms with Gasteiger partial charge in [-0.2, -0.15) is 0 Å². The van der Waals surface area contributed by atoms with Gasteiger partial charge in [-0.1, -0.05) is 24.3 Å². The van der Waals surface area contributed by atoms with E-state index in [9.17, 15) is 22.4 Å². The van der Waals surface area contributed by atoms with E-state index in [0.717, 1.165) is 12.3 Å². The van der Waals surface area contributed by atoms with Crippen LogP contribution in [0.2, 0.25) is 0 Å². The molecule has 0 saturated carbocycles. The lowest BCUT2D eigenvalue weighted by Gasteiger charge is -2.22. The number of halogens is 1. The van der Waals surface area contributed by atoms with Gasteiger partial charge in [-0.15, -0.1) is 0 Å². The average Bonchev–Trinajstić information content (AvgIpc) is 2.59. The fourth-order valence-corrected chi connectivity index (χ4v) is 3.34. The zero-order chi connectivity index (χ0) is 20.9. The Morgan fingerprint density at radius 1 is 1.07 bits per heavy atom. The van der Waals surface area contributed by atoms with Crippen molar-refractivity contribution in [1.82, 2.24) is 5.32 Å². The van der Waals surface area contributed by atoms with Gasteiger partial charge in [0.2, 0.25) is 15.9 Å². The first kappa shape index (κ1) is 21.4. The van der Waals surface area contributed by atoms with Crippen LogP contribution in [0.25, 0.3) is 0 Å². The number of nitrogens with zero attached hydrogens (tertiary/aromatic N) is 1. The highest BCUT2D eigenvalue weighted by Crippen LogP contribution is 2.22. The summed E-state index contributed by atoms with van der Waals surface area (Å²) >= 11 is 0. The van der Waals surface area contributed by atoms with E-state index in [1.54, 1.807) is 32.0 Å². The Kier molecular flexibility index (Phi) is 6.74. The zero-order valence-electron chi connectivity index (χ0n) is 15.8. The first-order chi connectivity index (χ1) is 13.1. The van der Waals surface area contributed by atoms with Gasteiger partial charge in [0, 0.05) is 6.04 Å². The Labute approximate surface area is 163 Å². The number of sulfonamides is 1. The van der Waals surface area contributed by atoms with Crippen molar-refractivity contribution in [2.75, 3.05) is 22.4 Å². The molecule has 2 N–H and O–H groups in total.